The van der Waals surface area contributed by atoms with E-state index in [1.165, 1.54) is 102 Å². The molecular formula is C52H32N2S. The van der Waals surface area contributed by atoms with Gasteiger partial charge in [0.2, 0.25) is 0 Å². The van der Waals surface area contributed by atoms with Crippen LogP contribution in [0.15, 0.2) is 194 Å². The minimum absolute atomic E-state index is 1.16. The first-order valence-electron chi connectivity index (χ1n) is 18.8. The van der Waals surface area contributed by atoms with E-state index in [-0.39, 0.29) is 0 Å². The molecule has 0 spiro atoms. The van der Waals surface area contributed by atoms with Gasteiger partial charge in [-0.2, -0.15) is 0 Å². The molecule has 0 aliphatic heterocycles. The highest BCUT2D eigenvalue weighted by Crippen LogP contribution is 2.42. The van der Waals surface area contributed by atoms with Crippen LogP contribution in [0.3, 0.4) is 0 Å². The number of rotatable bonds is 4. The zero-order valence-electron chi connectivity index (χ0n) is 29.8. The summed E-state index contributed by atoms with van der Waals surface area (Å²) in [5.41, 5.74) is 12.1. The van der Waals surface area contributed by atoms with Crippen LogP contribution < -0.4 is 0 Å². The van der Waals surface area contributed by atoms with Crippen molar-refractivity contribution in [1.29, 1.82) is 0 Å². The van der Waals surface area contributed by atoms with E-state index in [0.29, 0.717) is 0 Å². The third-order valence-electron chi connectivity index (χ3n) is 11.5. The monoisotopic (exact) mass is 716 g/mol. The first kappa shape index (κ1) is 30.5. The van der Waals surface area contributed by atoms with Gasteiger partial charge in [-0.1, -0.05) is 115 Å². The van der Waals surface area contributed by atoms with E-state index in [0.717, 1.165) is 5.69 Å². The molecule has 0 N–H and O–H groups in total. The third kappa shape index (κ3) is 4.60. The lowest BCUT2D eigenvalue weighted by Gasteiger charge is -2.12. The first-order chi connectivity index (χ1) is 27.3. The van der Waals surface area contributed by atoms with Crippen LogP contribution in [0.2, 0.25) is 0 Å². The van der Waals surface area contributed by atoms with Crippen molar-refractivity contribution in [2.75, 3.05) is 0 Å². The lowest BCUT2D eigenvalue weighted by molar-refractivity contribution is 1.18. The molecule has 0 aliphatic carbocycles. The Bertz CT molecular complexity index is 3490. The fourth-order valence-corrected chi connectivity index (χ4v) is 10.1. The summed E-state index contributed by atoms with van der Waals surface area (Å²) in [7, 11) is 0. The Hall–Kier alpha value is -6.94. The molecule has 12 rings (SSSR count). The van der Waals surface area contributed by atoms with E-state index in [9.17, 15) is 0 Å². The fourth-order valence-electron chi connectivity index (χ4n) is 9.00. The lowest BCUT2D eigenvalue weighted by Crippen LogP contribution is -1.94. The van der Waals surface area contributed by atoms with Gasteiger partial charge in [0.1, 0.15) is 0 Å². The van der Waals surface area contributed by atoms with Crippen LogP contribution in [0, 0.1) is 0 Å². The second-order valence-corrected chi connectivity index (χ2v) is 15.6. The summed E-state index contributed by atoms with van der Waals surface area (Å²) in [6.45, 7) is 0. The van der Waals surface area contributed by atoms with Gasteiger partial charge in [-0.15, -0.1) is 11.3 Å². The Morgan fingerprint density at radius 2 is 0.891 bits per heavy atom. The van der Waals surface area contributed by atoms with Crippen molar-refractivity contribution in [2.45, 2.75) is 0 Å². The van der Waals surface area contributed by atoms with Gasteiger partial charge in [-0.3, -0.25) is 0 Å². The van der Waals surface area contributed by atoms with Crippen molar-refractivity contribution in [3.63, 3.8) is 0 Å². The topological polar surface area (TPSA) is 9.86 Å². The summed E-state index contributed by atoms with van der Waals surface area (Å²) in [5.74, 6) is 0. The van der Waals surface area contributed by atoms with E-state index in [1.54, 1.807) is 0 Å². The van der Waals surface area contributed by atoms with Crippen molar-refractivity contribution in [3.05, 3.63) is 194 Å². The summed E-state index contributed by atoms with van der Waals surface area (Å²) in [5, 5.41) is 10.2. The maximum Gasteiger partial charge on any atom is 0.0547 e. The molecule has 0 atom stereocenters. The quantitative estimate of drug-likeness (QED) is 0.172. The second kappa shape index (κ2) is 11.8. The molecule has 0 fully saturated rings. The summed E-state index contributed by atoms with van der Waals surface area (Å²) in [4.78, 5) is 0. The van der Waals surface area contributed by atoms with Crippen LogP contribution >= 0.6 is 11.3 Å². The molecule has 3 heterocycles. The van der Waals surface area contributed by atoms with Crippen molar-refractivity contribution in [2.24, 2.45) is 0 Å². The molecule has 0 saturated carbocycles. The molecule has 0 radical (unpaired) electrons. The minimum Gasteiger partial charge on any atom is -0.309 e. The smallest absolute Gasteiger partial charge is 0.0547 e. The molecule has 3 heteroatoms. The van der Waals surface area contributed by atoms with Gasteiger partial charge < -0.3 is 9.13 Å². The number of hydrogen-bond acceptors (Lipinski definition) is 1. The number of thiophene rings is 1. The van der Waals surface area contributed by atoms with Crippen LogP contribution in [-0.2, 0) is 0 Å². The average molecular weight is 717 g/mol. The van der Waals surface area contributed by atoms with E-state index in [2.05, 4.69) is 203 Å². The summed E-state index contributed by atoms with van der Waals surface area (Å²) >= 11 is 1.87. The van der Waals surface area contributed by atoms with Crippen molar-refractivity contribution < 1.29 is 0 Å². The summed E-state index contributed by atoms with van der Waals surface area (Å²) < 4.78 is 7.49. The van der Waals surface area contributed by atoms with E-state index in [4.69, 9.17) is 0 Å². The molecule has 2 nitrogen and oxygen atoms in total. The highest BCUT2D eigenvalue weighted by atomic mass is 32.1. The van der Waals surface area contributed by atoms with Gasteiger partial charge >= 0.3 is 0 Å². The molecule has 12 aromatic rings. The molecule has 3 aromatic heterocycles. The molecule has 0 amide bonds. The van der Waals surface area contributed by atoms with Gasteiger partial charge in [-0.05, 0) is 112 Å². The number of fused-ring (bicyclic) bond motifs is 10. The average Bonchev–Trinajstić information content (AvgIpc) is 3.90. The Kier molecular flexibility index (Phi) is 6.54. The van der Waals surface area contributed by atoms with Crippen LogP contribution in [0.5, 0.6) is 0 Å². The van der Waals surface area contributed by atoms with E-state index < -0.39 is 0 Å². The zero-order valence-corrected chi connectivity index (χ0v) is 30.6. The SMILES string of the molecule is c1ccc(-n2c3ccccc3c3cc(-c4ccc5c(c4)c4cc6ccccc6cc4n5-c4cccc(-c5cccc6sc7ccccc7c56)c4)ccc32)cc1. The summed E-state index contributed by atoms with van der Waals surface area (Å²) in [6.07, 6.45) is 0. The van der Waals surface area contributed by atoms with Gasteiger partial charge in [-0.25, -0.2) is 0 Å². The highest BCUT2D eigenvalue weighted by Gasteiger charge is 2.18. The van der Waals surface area contributed by atoms with E-state index >= 15 is 0 Å². The first-order valence-corrected chi connectivity index (χ1v) is 19.7. The predicted molar refractivity (Wildman–Crippen MR) is 236 cm³/mol. The molecule has 0 saturated heterocycles. The van der Waals surface area contributed by atoms with Crippen molar-refractivity contribution in [3.8, 4) is 33.6 Å². The molecule has 0 aliphatic rings. The Morgan fingerprint density at radius 1 is 0.309 bits per heavy atom. The second-order valence-electron chi connectivity index (χ2n) is 14.5. The van der Waals surface area contributed by atoms with Crippen LogP contribution in [-0.4, -0.2) is 9.13 Å². The number of hydrogen-bond donors (Lipinski definition) is 0. The van der Waals surface area contributed by atoms with Crippen LogP contribution in [0.4, 0.5) is 0 Å². The number of para-hydroxylation sites is 2. The number of nitrogens with zero attached hydrogens (tertiary/aromatic N) is 2. The largest absolute Gasteiger partial charge is 0.309 e. The zero-order chi connectivity index (χ0) is 36.0. The molecule has 256 valence electrons. The lowest BCUT2D eigenvalue weighted by atomic mass is 9.99. The summed E-state index contributed by atoms with van der Waals surface area (Å²) in [6, 6.07) is 71.5. The van der Waals surface area contributed by atoms with Gasteiger partial charge in [0.25, 0.3) is 0 Å². The molecular weight excluding hydrogens is 685 g/mol. The molecule has 0 unspecified atom stereocenters. The third-order valence-corrected chi connectivity index (χ3v) is 12.6. The Morgan fingerprint density at radius 3 is 1.71 bits per heavy atom. The maximum absolute atomic E-state index is 2.47. The Labute approximate surface area is 321 Å². The van der Waals surface area contributed by atoms with Crippen LogP contribution in [0.25, 0.3) is 108 Å². The number of aromatic nitrogens is 2. The van der Waals surface area contributed by atoms with Gasteiger partial charge in [0.05, 0.1) is 22.1 Å². The highest BCUT2D eigenvalue weighted by molar-refractivity contribution is 7.25. The van der Waals surface area contributed by atoms with E-state index in [1.807, 2.05) is 11.3 Å². The predicted octanol–water partition coefficient (Wildman–Crippen LogP) is 14.7. The Balaban J connectivity index is 1.07. The fraction of sp³-hybridized carbons (Fsp3) is 0. The number of benzene rings is 9. The van der Waals surface area contributed by atoms with Crippen molar-refractivity contribution in [1.82, 2.24) is 9.13 Å². The normalized spacial score (nSPS) is 12.0. The minimum atomic E-state index is 1.16. The van der Waals surface area contributed by atoms with Crippen molar-refractivity contribution >= 4 is 85.9 Å². The molecule has 9 aromatic carbocycles. The molecule has 55 heavy (non-hydrogen) atoms. The van der Waals surface area contributed by atoms with Gasteiger partial charge in [0.15, 0.2) is 0 Å². The standard InChI is InChI=1S/C52H32N2S/c1-2-15-38(16-3-1)53-46-21-8-6-18-41(46)43-30-35(24-26-47(43)53)36-25-27-48-44(31-36)45-29-33-12-4-5-13-34(33)32-49(45)54(48)39-17-10-14-37(28-39)40-20-11-23-51-52(40)42-19-7-9-22-50(42)55-51/h1-32H. The van der Waals surface area contributed by atoms with Gasteiger partial charge in [0, 0.05) is 53.1 Å². The maximum atomic E-state index is 2.47. The van der Waals surface area contributed by atoms with Crippen LogP contribution in [0.1, 0.15) is 0 Å². The molecule has 0 bridgehead atoms.